The van der Waals surface area contributed by atoms with Gasteiger partial charge in [0.1, 0.15) is 0 Å². The average Bonchev–Trinajstić information content (AvgIpc) is 3.23. The molecule has 6 nitrogen and oxygen atoms in total. The molecule has 2 aliphatic heterocycles. The molecule has 5 atom stereocenters. The molecule has 0 saturated carbocycles. The van der Waals surface area contributed by atoms with Gasteiger partial charge in [0.15, 0.2) is 0 Å². The number of carbonyl (C=O) groups excluding carboxylic acids is 1. The van der Waals surface area contributed by atoms with Crippen LogP contribution >= 0.6 is 0 Å². The number of anilines is 1. The lowest BCUT2D eigenvalue weighted by Gasteiger charge is -2.51. The predicted octanol–water partition coefficient (Wildman–Crippen LogP) is 1.87. The van der Waals surface area contributed by atoms with Crippen molar-refractivity contribution in [3.05, 3.63) is 57.7 Å². The monoisotopic (exact) mass is 337 g/mol. The normalized spacial score (nSPS) is 33.8. The quantitative estimate of drug-likeness (QED) is 0.467. The van der Waals surface area contributed by atoms with Crippen LogP contribution in [-0.2, 0) is 4.79 Å². The predicted molar refractivity (Wildman–Crippen MR) is 89.2 cm³/mol. The number of rotatable bonds is 2. The maximum Gasteiger partial charge on any atom is 0.270 e. The zero-order valence-electron chi connectivity index (χ0n) is 13.5. The second kappa shape index (κ2) is 4.94. The van der Waals surface area contributed by atoms with Gasteiger partial charge in [-0.2, -0.15) is 0 Å². The number of allylic oxidation sites excluding steroid dienone is 4. The molecule has 0 radical (unpaired) electrons. The molecule has 0 unspecified atom stereocenters. The summed E-state index contributed by atoms with van der Waals surface area (Å²) in [7, 11) is 0. The number of fused-ring (bicyclic) bond motifs is 4. The van der Waals surface area contributed by atoms with Crippen molar-refractivity contribution in [3.63, 3.8) is 0 Å². The molecule has 0 N–H and O–H groups in total. The van der Waals surface area contributed by atoms with Crippen molar-refractivity contribution < 1.29 is 14.8 Å². The van der Waals surface area contributed by atoms with E-state index >= 15 is 0 Å². The van der Waals surface area contributed by atoms with Crippen molar-refractivity contribution in [2.24, 2.45) is 11.8 Å². The molecule has 1 aromatic carbocycles. The Bertz CT molecular complexity index is 842. The molecule has 0 aromatic heterocycles. The molecule has 2 aliphatic carbocycles. The Hall–Kier alpha value is -2.63. The molecule has 2 heterocycles. The molecule has 128 valence electrons. The number of carbonyl (C=O) groups is 1. The van der Waals surface area contributed by atoms with Crippen LogP contribution in [0.1, 0.15) is 35.8 Å². The van der Waals surface area contributed by atoms with Crippen LogP contribution in [0, 0.1) is 22.0 Å². The number of hydrogen-bond acceptors (Lipinski definition) is 5. The van der Waals surface area contributed by atoms with Gasteiger partial charge in [0.2, 0.25) is 0 Å². The van der Waals surface area contributed by atoms with E-state index in [0.717, 1.165) is 23.2 Å². The van der Waals surface area contributed by atoms with E-state index in [1.807, 2.05) is 17.1 Å². The first-order valence-electron chi connectivity index (χ1n) is 8.69. The highest BCUT2D eigenvalue weighted by Gasteiger charge is 2.48. The summed E-state index contributed by atoms with van der Waals surface area (Å²) in [5.74, 6) is -0.838. The molecule has 25 heavy (non-hydrogen) atoms. The lowest BCUT2D eigenvalue weighted by molar-refractivity contribution is -0.385. The molecule has 5 rings (SSSR count). The number of nitrogens with zero attached hydrogens (tertiary/aromatic N) is 2. The fourth-order valence-corrected chi connectivity index (χ4v) is 5.32. The molecular formula is C19H17N2O4-. The number of benzene rings is 1. The van der Waals surface area contributed by atoms with Crippen LogP contribution in [0.5, 0.6) is 0 Å². The van der Waals surface area contributed by atoms with Crippen molar-refractivity contribution in [2.45, 2.75) is 30.7 Å². The largest absolute Gasteiger partial charge is 0.548 e. The van der Waals surface area contributed by atoms with E-state index in [2.05, 4.69) is 12.2 Å². The molecule has 0 fully saturated rings. The van der Waals surface area contributed by atoms with Gasteiger partial charge in [-0.25, -0.2) is 0 Å². The van der Waals surface area contributed by atoms with E-state index in [1.165, 1.54) is 0 Å². The Balaban J connectivity index is 1.79. The Morgan fingerprint density at radius 1 is 1.12 bits per heavy atom. The van der Waals surface area contributed by atoms with Crippen LogP contribution in [0.15, 0.2) is 36.4 Å². The number of nitro groups is 1. The zero-order valence-corrected chi connectivity index (χ0v) is 13.5. The summed E-state index contributed by atoms with van der Waals surface area (Å²) < 4.78 is 0. The minimum atomic E-state index is -1.04. The first-order valence-corrected chi connectivity index (χ1v) is 8.69. The number of nitro benzene ring substituents is 1. The fourth-order valence-electron chi connectivity index (χ4n) is 5.32. The zero-order chi connectivity index (χ0) is 17.3. The summed E-state index contributed by atoms with van der Waals surface area (Å²) in [6, 6.07) is 2.61. The Morgan fingerprint density at radius 2 is 1.80 bits per heavy atom. The summed E-state index contributed by atoms with van der Waals surface area (Å²) >= 11 is 0. The number of non-ortho nitro benzene ring substituents is 1. The third-order valence-electron chi connectivity index (χ3n) is 6.29. The van der Waals surface area contributed by atoms with Crippen LogP contribution in [0.25, 0.3) is 0 Å². The molecule has 0 spiro atoms. The van der Waals surface area contributed by atoms with E-state index in [9.17, 15) is 20.0 Å². The number of aliphatic carboxylic acids is 1. The summed E-state index contributed by atoms with van der Waals surface area (Å²) in [4.78, 5) is 25.1. The van der Waals surface area contributed by atoms with Gasteiger partial charge >= 0.3 is 0 Å². The maximum absolute atomic E-state index is 12.0. The van der Waals surface area contributed by atoms with Crippen LogP contribution in [0.4, 0.5) is 11.4 Å². The van der Waals surface area contributed by atoms with Gasteiger partial charge in [-0.15, -0.1) is 0 Å². The first-order chi connectivity index (χ1) is 12.1. The van der Waals surface area contributed by atoms with E-state index in [0.29, 0.717) is 13.0 Å². The SMILES string of the molecule is O=C([O-])[C@@H]1[C@H]2CC=C[C@@H]2c2cc([N+](=O)[O-])cc3c2N1C[C@H]1CC=C[C@H]31. The van der Waals surface area contributed by atoms with Crippen LogP contribution in [0.2, 0.25) is 0 Å². The van der Waals surface area contributed by atoms with Gasteiger partial charge in [0, 0.05) is 36.2 Å². The lowest BCUT2D eigenvalue weighted by atomic mass is 9.72. The number of hydrogen-bond donors (Lipinski definition) is 0. The number of carboxylic acid groups (broad SMARTS) is 1. The van der Waals surface area contributed by atoms with E-state index < -0.39 is 12.0 Å². The Morgan fingerprint density at radius 3 is 2.52 bits per heavy atom. The smallest absolute Gasteiger partial charge is 0.270 e. The minimum Gasteiger partial charge on any atom is -0.548 e. The second-order valence-corrected chi connectivity index (χ2v) is 7.45. The third-order valence-corrected chi connectivity index (χ3v) is 6.29. The highest BCUT2D eigenvalue weighted by Crippen LogP contribution is 2.55. The van der Waals surface area contributed by atoms with Gasteiger partial charge in [-0.1, -0.05) is 24.3 Å². The van der Waals surface area contributed by atoms with E-state index in [1.54, 1.807) is 12.1 Å². The van der Waals surface area contributed by atoms with Gasteiger partial charge in [-0.3, -0.25) is 10.1 Å². The van der Waals surface area contributed by atoms with Crippen molar-refractivity contribution in [3.8, 4) is 0 Å². The molecule has 4 aliphatic rings. The molecule has 0 saturated heterocycles. The molecule has 0 bridgehead atoms. The van der Waals surface area contributed by atoms with Crippen molar-refractivity contribution in [2.75, 3.05) is 11.4 Å². The average molecular weight is 337 g/mol. The topological polar surface area (TPSA) is 86.5 Å². The molecule has 6 heteroatoms. The summed E-state index contributed by atoms with van der Waals surface area (Å²) in [6.07, 6.45) is 9.78. The van der Waals surface area contributed by atoms with Crippen LogP contribution in [0.3, 0.4) is 0 Å². The summed E-state index contributed by atoms with van der Waals surface area (Å²) in [5, 5.41) is 23.4. The second-order valence-electron chi connectivity index (χ2n) is 7.45. The standard InChI is InChI=1S/C19H18N2O4/c22-19(23)18-14-6-2-5-13(14)16-8-11(21(24)25)7-15-12-4-1-3-10(12)9-20(18)17(15)16/h1-2,4-5,7-8,10,12-14,18H,3,6,9H2,(H,22,23)/p-1/t10-,12+,13+,14+,18+/m1/s1. The Labute approximate surface area is 144 Å². The summed E-state index contributed by atoms with van der Waals surface area (Å²) in [6.45, 7) is 0.664. The molecular weight excluding hydrogens is 320 g/mol. The van der Waals surface area contributed by atoms with Crippen molar-refractivity contribution in [1.82, 2.24) is 0 Å². The van der Waals surface area contributed by atoms with Crippen LogP contribution in [-0.4, -0.2) is 23.5 Å². The van der Waals surface area contributed by atoms with Gasteiger partial charge in [-0.05, 0) is 35.8 Å². The summed E-state index contributed by atoms with van der Waals surface area (Å²) in [5.41, 5.74) is 2.79. The van der Waals surface area contributed by atoms with Crippen molar-refractivity contribution in [1.29, 1.82) is 0 Å². The van der Waals surface area contributed by atoms with Gasteiger partial charge < -0.3 is 14.8 Å². The highest BCUT2D eigenvalue weighted by molar-refractivity contribution is 5.83. The van der Waals surface area contributed by atoms with E-state index in [4.69, 9.17) is 0 Å². The number of carboxylic acids is 1. The Kier molecular flexibility index (Phi) is 2.90. The van der Waals surface area contributed by atoms with Gasteiger partial charge in [0.25, 0.3) is 5.69 Å². The van der Waals surface area contributed by atoms with E-state index in [-0.39, 0.29) is 34.3 Å². The molecule has 1 aromatic rings. The fraction of sp³-hybridized carbons (Fsp3) is 0.421. The third kappa shape index (κ3) is 1.88. The first kappa shape index (κ1) is 14.7. The molecule has 0 amide bonds. The van der Waals surface area contributed by atoms with Crippen molar-refractivity contribution >= 4 is 17.3 Å². The van der Waals surface area contributed by atoms with Crippen LogP contribution < -0.4 is 10.0 Å². The van der Waals surface area contributed by atoms with Gasteiger partial charge in [0.05, 0.1) is 16.9 Å². The minimum absolute atomic E-state index is 0.0882. The maximum atomic E-state index is 12.0. The highest BCUT2D eigenvalue weighted by atomic mass is 16.6. The lowest BCUT2D eigenvalue weighted by Crippen LogP contribution is -2.58.